The Morgan fingerprint density at radius 2 is 1.33 bits per heavy atom. The average Bonchev–Trinajstić information content (AvgIpc) is 2.67. The zero-order valence-electron chi connectivity index (χ0n) is 16.7. The Labute approximate surface area is 173 Å². The molecule has 5 N–H and O–H groups in total. The maximum Gasteiger partial charge on any atom is 0.269 e. The molecule has 4 amide bonds. The second kappa shape index (κ2) is 10.4. The number of nitrogens with one attached hydrogen (secondary N) is 5. The largest absolute Gasteiger partial charge is 0.326 e. The lowest BCUT2D eigenvalue weighted by atomic mass is 10.2. The van der Waals surface area contributed by atoms with Crippen LogP contribution in [-0.4, -0.2) is 23.6 Å². The fourth-order valence-corrected chi connectivity index (χ4v) is 2.45. The molecule has 0 saturated heterocycles. The van der Waals surface area contributed by atoms with Gasteiger partial charge in [0.2, 0.25) is 17.7 Å². The van der Waals surface area contributed by atoms with E-state index in [0.29, 0.717) is 22.6 Å². The SMILES string of the molecule is C=C(CC(=O)Nc1ccccc1NC(C)=O)NNC(=O)c1ccc(NC(C)=O)cc1. The first kappa shape index (κ1) is 22.2. The van der Waals surface area contributed by atoms with E-state index in [4.69, 9.17) is 0 Å². The molecule has 156 valence electrons. The van der Waals surface area contributed by atoms with E-state index in [1.165, 1.54) is 13.8 Å². The standard InChI is InChI=1S/C21H23N5O4/c1-13(12-20(29)24-19-7-5-4-6-18(19)23-15(3)28)25-26-21(30)16-8-10-17(11-9-16)22-14(2)27/h4-11,25H,1,12H2,2-3H3,(H,22,27)(H,23,28)(H,24,29)(H,26,30). The molecule has 0 spiro atoms. The van der Waals surface area contributed by atoms with Crippen LogP contribution < -0.4 is 26.8 Å². The minimum atomic E-state index is -0.429. The third-order valence-corrected chi connectivity index (χ3v) is 3.71. The molecule has 0 aromatic heterocycles. The van der Waals surface area contributed by atoms with E-state index in [1.54, 1.807) is 48.5 Å². The number of hydrogen-bond donors (Lipinski definition) is 5. The predicted octanol–water partition coefficient (Wildman–Crippen LogP) is 2.38. The lowest BCUT2D eigenvalue weighted by Gasteiger charge is -2.13. The van der Waals surface area contributed by atoms with Crippen LogP contribution in [0.5, 0.6) is 0 Å². The number of para-hydroxylation sites is 2. The fraction of sp³-hybridized carbons (Fsp3) is 0.143. The number of carbonyl (C=O) groups excluding carboxylic acids is 4. The molecule has 0 unspecified atom stereocenters. The van der Waals surface area contributed by atoms with Gasteiger partial charge in [0.1, 0.15) is 0 Å². The number of benzene rings is 2. The molecule has 2 aromatic rings. The van der Waals surface area contributed by atoms with E-state index in [-0.39, 0.29) is 29.8 Å². The molecule has 0 radical (unpaired) electrons. The summed E-state index contributed by atoms with van der Waals surface area (Å²) in [6.07, 6.45) is -0.101. The Morgan fingerprint density at radius 1 is 0.767 bits per heavy atom. The summed E-state index contributed by atoms with van der Waals surface area (Å²) in [7, 11) is 0. The minimum absolute atomic E-state index is 0.101. The van der Waals surface area contributed by atoms with Crippen molar-refractivity contribution in [1.29, 1.82) is 0 Å². The summed E-state index contributed by atoms with van der Waals surface area (Å²) in [5, 5.41) is 7.93. The minimum Gasteiger partial charge on any atom is -0.326 e. The van der Waals surface area contributed by atoms with Gasteiger partial charge in [-0.1, -0.05) is 18.7 Å². The van der Waals surface area contributed by atoms with Crippen molar-refractivity contribution < 1.29 is 19.2 Å². The van der Waals surface area contributed by atoms with Gasteiger partial charge in [-0.15, -0.1) is 0 Å². The van der Waals surface area contributed by atoms with Crippen molar-refractivity contribution in [3.05, 3.63) is 66.4 Å². The molecule has 30 heavy (non-hydrogen) atoms. The van der Waals surface area contributed by atoms with Crippen LogP contribution in [0.2, 0.25) is 0 Å². The molecule has 0 aliphatic heterocycles. The average molecular weight is 409 g/mol. The molecule has 0 fully saturated rings. The quantitative estimate of drug-likeness (QED) is 0.428. The molecular formula is C21H23N5O4. The maximum absolute atomic E-state index is 12.2. The van der Waals surface area contributed by atoms with Gasteiger partial charge >= 0.3 is 0 Å². The highest BCUT2D eigenvalue weighted by atomic mass is 16.2. The van der Waals surface area contributed by atoms with E-state index in [0.717, 1.165) is 0 Å². The van der Waals surface area contributed by atoms with Gasteiger partial charge in [0.25, 0.3) is 5.91 Å². The third-order valence-electron chi connectivity index (χ3n) is 3.71. The molecule has 0 saturated carbocycles. The van der Waals surface area contributed by atoms with Gasteiger partial charge in [-0.2, -0.15) is 0 Å². The van der Waals surface area contributed by atoms with Crippen LogP contribution in [-0.2, 0) is 14.4 Å². The third kappa shape index (κ3) is 7.12. The maximum atomic E-state index is 12.2. The molecular weight excluding hydrogens is 386 g/mol. The van der Waals surface area contributed by atoms with Gasteiger partial charge < -0.3 is 21.4 Å². The lowest BCUT2D eigenvalue weighted by Crippen LogP contribution is -2.37. The molecule has 2 aromatic carbocycles. The topological polar surface area (TPSA) is 128 Å². The first-order valence-corrected chi connectivity index (χ1v) is 9.03. The highest BCUT2D eigenvalue weighted by Gasteiger charge is 2.10. The summed E-state index contributed by atoms with van der Waals surface area (Å²) in [4.78, 5) is 46.7. The van der Waals surface area contributed by atoms with E-state index in [1.807, 2.05) is 0 Å². The van der Waals surface area contributed by atoms with Crippen LogP contribution in [0.25, 0.3) is 0 Å². The second-order valence-corrected chi connectivity index (χ2v) is 6.39. The Hall–Kier alpha value is -4.14. The Balaban J connectivity index is 1.84. The molecule has 0 aliphatic carbocycles. The van der Waals surface area contributed by atoms with Crippen molar-refractivity contribution in [3.8, 4) is 0 Å². The smallest absolute Gasteiger partial charge is 0.269 e. The van der Waals surface area contributed by atoms with E-state index in [2.05, 4.69) is 33.4 Å². The van der Waals surface area contributed by atoms with Crippen LogP contribution in [0.3, 0.4) is 0 Å². The fourth-order valence-electron chi connectivity index (χ4n) is 2.45. The summed E-state index contributed by atoms with van der Waals surface area (Å²) in [6.45, 7) is 6.48. The Morgan fingerprint density at radius 3 is 1.90 bits per heavy atom. The van der Waals surface area contributed by atoms with Crippen molar-refractivity contribution in [2.45, 2.75) is 20.3 Å². The van der Waals surface area contributed by atoms with Crippen LogP contribution in [0.1, 0.15) is 30.6 Å². The van der Waals surface area contributed by atoms with E-state index in [9.17, 15) is 19.2 Å². The van der Waals surface area contributed by atoms with Crippen molar-refractivity contribution >= 4 is 40.7 Å². The van der Waals surface area contributed by atoms with Crippen molar-refractivity contribution in [3.63, 3.8) is 0 Å². The van der Waals surface area contributed by atoms with Crippen LogP contribution in [0.15, 0.2) is 60.8 Å². The normalized spacial score (nSPS) is 9.80. The van der Waals surface area contributed by atoms with E-state index >= 15 is 0 Å². The second-order valence-electron chi connectivity index (χ2n) is 6.39. The first-order chi connectivity index (χ1) is 14.2. The summed E-state index contributed by atoms with van der Waals surface area (Å²) < 4.78 is 0. The molecule has 2 rings (SSSR count). The molecule has 0 bridgehead atoms. The van der Waals surface area contributed by atoms with Crippen molar-refractivity contribution in [2.24, 2.45) is 0 Å². The summed E-state index contributed by atoms with van der Waals surface area (Å²) >= 11 is 0. The van der Waals surface area contributed by atoms with Gasteiger partial charge in [-0.3, -0.25) is 24.6 Å². The zero-order valence-corrected chi connectivity index (χ0v) is 16.7. The van der Waals surface area contributed by atoms with Gasteiger partial charge in [0, 0.05) is 30.8 Å². The summed E-state index contributed by atoms with van der Waals surface area (Å²) in [5.41, 5.74) is 7.19. The van der Waals surface area contributed by atoms with Gasteiger partial charge in [-0.05, 0) is 36.4 Å². The predicted molar refractivity (Wildman–Crippen MR) is 114 cm³/mol. The number of hydrazine groups is 1. The summed E-state index contributed by atoms with van der Waals surface area (Å²) in [6, 6.07) is 13.1. The number of hydrogen-bond acceptors (Lipinski definition) is 5. The number of anilines is 3. The summed E-state index contributed by atoms with van der Waals surface area (Å²) in [5.74, 6) is -1.26. The first-order valence-electron chi connectivity index (χ1n) is 9.03. The number of carbonyl (C=O) groups is 4. The van der Waals surface area contributed by atoms with Crippen molar-refractivity contribution in [1.82, 2.24) is 10.9 Å². The molecule has 0 atom stereocenters. The van der Waals surface area contributed by atoms with Crippen molar-refractivity contribution in [2.75, 3.05) is 16.0 Å². The molecule has 9 nitrogen and oxygen atoms in total. The Kier molecular flexibility index (Phi) is 7.69. The molecule has 0 heterocycles. The Bertz CT molecular complexity index is 970. The number of rotatable bonds is 8. The van der Waals surface area contributed by atoms with Crippen LogP contribution in [0, 0.1) is 0 Å². The van der Waals surface area contributed by atoms with Gasteiger partial charge in [-0.25, -0.2) is 0 Å². The highest BCUT2D eigenvalue weighted by molar-refractivity contribution is 5.99. The zero-order chi connectivity index (χ0) is 22.1. The lowest BCUT2D eigenvalue weighted by molar-refractivity contribution is -0.116. The van der Waals surface area contributed by atoms with E-state index < -0.39 is 5.91 Å². The monoisotopic (exact) mass is 409 g/mol. The molecule has 9 heteroatoms. The van der Waals surface area contributed by atoms with Gasteiger partial charge in [0.05, 0.1) is 17.8 Å². The van der Waals surface area contributed by atoms with Crippen LogP contribution >= 0.6 is 0 Å². The molecule has 0 aliphatic rings. The van der Waals surface area contributed by atoms with Gasteiger partial charge in [0.15, 0.2) is 0 Å². The van der Waals surface area contributed by atoms with Crippen LogP contribution in [0.4, 0.5) is 17.1 Å². The highest BCUT2D eigenvalue weighted by Crippen LogP contribution is 2.21. The number of amides is 4.